The summed E-state index contributed by atoms with van der Waals surface area (Å²) >= 11 is 6.08. The topological polar surface area (TPSA) is 38.2 Å². The summed E-state index contributed by atoms with van der Waals surface area (Å²) < 4.78 is 5.21. The minimum Gasteiger partial charge on any atom is -0.384 e. The number of halogens is 1. The van der Waals surface area contributed by atoms with Gasteiger partial charge in [0, 0.05) is 43.9 Å². The van der Waals surface area contributed by atoms with Crippen LogP contribution in [-0.2, 0) is 4.74 Å². The van der Waals surface area contributed by atoms with Gasteiger partial charge in [-0.05, 0) is 22.9 Å². The maximum atomic E-state index is 6.08. The average Bonchev–Trinajstić information content (AvgIpc) is 2.41. The van der Waals surface area contributed by atoms with Gasteiger partial charge in [-0.15, -0.1) is 0 Å². The number of hydrogen-bond donors (Lipinski definition) is 0. The van der Waals surface area contributed by atoms with Crippen LogP contribution >= 0.6 is 11.6 Å². The Labute approximate surface area is 130 Å². The van der Waals surface area contributed by atoms with Crippen LogP contribution in [-0.4, -0.2) is 36.8 Å². The third-order valence-electron chi connectivity index (χ3n) is 4.03. The van der Waals surface area contributed by atoms with Gasteiger partial charge in [0.2, 0.25) is 0 Å². The molecule has 0 N–H and O–H groups in total. The average molecular weight is 306 g/mol. The standard InChI is InChI=1S/C16H20ClN3O/c1-10(2)13-5-19-16(20-7-11(8-20)9-21-3)14-6-18-15(17)4-12(13)14/h4-6,10-11H,7-9H2,1-3H3. The molecule has 3 heterocycles. The number of fused-ring (bicyclic) bond motifs is 1. The first-order valence-corrected chi connectivity index (χ1v) is 7.66. The predicted octanol–water partition coefficient (Wildman–Crippen LogP) is 3.49. The summed E-state index contributed by atoms with van der Waals surface area (Å²) in [6.07, 6.45) is 3.82. The molecule has 0 atom stereocenters. The lowest BCUT2D eigenvalue weighted by Gasteiger charge is -2.40. The second kappa shape index (κ2) is 5.78. The van der Waals surface area contributed by atoms with Gasteiger partial charge >= 0.3 is 0 Å². The van der Waals surface area contributed by atoms with E-state index in [4.69, 9.17) is 16.3 Å². The predicted molar refractivity (Wildman–Crippen MR) is 86.2 cm³/mol. The number of hydrogen-bond acceptors (Lipinski definition) is 4. The fraction of sp³-hybridized carbons (Fsp3) is 0.500. The molecule has 2 aromatic heterocycles. The van der Waals surface area contributed by atoms with Crippen molar-refractivity contribution < 1.29 is 4.74 Å². The van der Waals surface area contributed by atoms with Gasteiger partial charge in [-0.1, -0.05) is 25.4 Å². The van der Waals surface area contributed by atoms with Crippen molar-refractivity contribution in [3.63, 3.8) is 0 Å². The Hall–Kier alpha value is -1.39. The Morgan fingerprint density at radius 1 is 1.29 bits per heavy atom. The van der Waals surface area contributed by atoms with Crippen LogP contribution in [0.2, 0.25) is 5.15 Å². The van der Waals surface area contributed by atoms with E-state index >= 15 is 0 Å². The van der Waals surface area contributed by atoms with Crippen LogP contribution in [0, 0.1) is 5.92 Å². The molecule has 0 unspecified atom stereocenters. The molecule has 1 aliphatic heterocycles. The number of methoxy groups -OCH3 is 1. The summed E-state index contributed by atoms with van der Waals surface area (Å²) in [5, 5.41) is 2.77. The molecule has 0 bridgehead atoms. The maximum absolute atomic E-state index is 6.08. The first-order chi connectivity index (χ1) is 10.1. The van der Waals surface area contributed by atoms with E-state index in [1.165, 1.54) is 5.56 Å². The van der Waals surface area contributed by atoms with Gasteiger partial charge in [0.05, 0.1) is 6.61 Å². The largest absolute Gasteiger partial charge is 0.384 e. The van der Waals surface area contributed by atoms with Crippen LogP contribution in [0.4, 0.5) is 5.82 Å². The number of aromatic nitrogens is 2. The molecular formula is C16H20ClN3O. The highest BCUT2D eigenvalue weighted by Gasteiger charge is 2.29. The van der Waals surface area contributed by atoms with E-state index in [9.17, 15) is 0 Å². The smallest absolute Gasteiger partial charge is 0.138 e. The molecule has 0 aromatic carbocycles. The van der Waals surface area contributed by atoms with Crippen molar-refractivity contribution in [3.8, 4) is 0 Å². The summed E-state index contributed by atoms with van der Waals surface area (Å²) in [7, 11) is 1.75. The van der Waals surface area contributed by atoms with E-state index in [0.717, 1.165) is 36.3 Å². The highest BCUT2D eigenvalue weighted by atomic mass is 35.5. The molecule has 21 heavy (non-hydrogen) atoms. The fourth-order valence-electron chi connectivity index (χ4n) is 2.91. The van der Waals surface area contributed by atoms with E-state index in [1.807, 2.05) is 18.5 Å². The summed E-state index contributed by atoms with van der Waals surface area (Å²) in [5.74, 6) is 2.01. The van der Waals surface area contributed by atoms with Crippen LogP contribution in [0.3, 0.4) is 0 Å². The van der Waals surface area contributed by atoms with Crippen molar-refractivity contribution in [1.82, 2.24) is 9.97 Å². The molecule has 0 radical (unpaired) electrons. The second-order valence-electron chi connectivity index (χ2n) is 5.97. The molecule has 2 aromatic rings. The van der Waals surface area contributed by atoms with E-state index in [2.05, 4.69) is 28.7 Å². The van der Waals surface area contributed by atoms with Crippen LogP contribution in [0.15, 0.2) is 18.5 Å². The summed E-state index contributed by atoms with van der Waals surface area (Å²) in [6.45, 7) is 7.12. The zero-order valence-corrected chi connectivity index (χ0v) is 13.4. The number of pyridine rings is 2. The Balaban J connectivity index is 1.99. The third-order valence-corrected chi connectivity index (χ3v) is 4.24. The second-order valence-corrected chi connectivity index (χ2v) is 6.36. The van der Waals surface area contributed by atoms with E-state index < -0.39 is 0 Å². The Bertz CT molecular complexity index is 653. The van der Waals surface area contributed by atoms with Gasteiger partial charge < -0.3 is 9.64 Å². The quantitative estimate of drug-likeness (QED) is 0.811. The monoisotopic (exact) mass is 305 g/mol. The Morgan fingerprint density at radius 2 is 2.05 bits per heavy atom. The fourth-order valence-corrected chi connectivity index (χ4v) is 3.07. The summed E-state index contributed by atoms with van der Waals surface area (Å²) in [4.78, 5) is 11.2. The van der Waals surface area contributed by atoms with Crippen molar-refractivity contribution in [2.75, 3.05) is 31.7 Å². The first-order valence-electron chi connectivity index (χ1n) is 7.28. The van der Waals surface area contributed by atoms with Crippen molar-refractivity contribution in [2.24, 2.45) is 5.92 Å². The van der Waals surface area contributed by atoms with E-state index in [1.54, 1.807) is 7.11 Å². The molecular weight excluding hydrogens is 286 g/mol. The Morgan fingerprint density at radius 3 is 2.71 bits per heavy atom. The molecule has 0 amide bonds. The van der Waals surface area contributed by atoms with Gasteiger partial charge in [-0.2, -0.15) is 0 Å². The molecule has 1 aliphatic rings. The van der Waals surface area contributed by atoms with Crippen molar-refractivity contribution >= 4 is 28.2 Å². The zero-order valence-electron chi connectivity index (χ0n) is 12.6. The minimum absolute atomic E-state index is 0.408. The van der Waals surface area contributed by atoms with E-state index in [0.29, 0.717) is 17.0 Å². The molecule has 3 rings (SSSR count). The first kappa shape index (κ1) is 14.5. The molecule has 5 heteroatoms. The molecule has 1 fully saturated rings. The van der Waals surface area contributed by atoms with Crippen molar-refractivity contribution in [3.05, 3.63) is 29.2 Å². The number of anilines is 1. The number of nitrogens with zero attached hydrogens (tertiary/aromatic N) is 3. The third kappa shape index (κ3) is 2.70. The van der Waals surface area contributed by atoms with Crippen molar-refractivity contribution in [2.45, 2.75) is 19.8 Å². The van der Waals surface area contributed by atoms with Crippen LogP contribution in [0.1, 0.15) is 25.3 Å². The van der Waals surface area contributed by atoms with E-state index in [-0.39, 0.29) is 0 Å². The summed E-state index contributed by atoms with van der Waals surface area (Å²) in [6, 6.07) is 1.95. The van der Waals surface area contributed by atoms with Gasteiger partial charge in [-0.3, -0.25) is 0 Å². The van der Waals surface area contributed by atoms with Crippen LogP contribution < -0.4 is 4.90 Å². The lowest BCUT2D eigenvalue weighted by molar-refractivity contribution is 0.137. The number of ether oxygens (including phenoxy) is 1. The van der Waals surface area contributed by atoms with Crippen molar-refractivity contribution in [1.29, 1.82) is 0 Å². The molecule has 1 saturated heterocycles. The van der Waals surface area contributed by atoms with Crippen LogP contribution in [0.5, 0.6) is 0 Å². The molecule has 0 spiro atoms. The lowest BCUT2D eigenvalue weighted by atomic mass is 9.97. The van der Waals surface area contributed by atoms with Gasteiger partial charge in [0.1, 0.15) is 11.0 Å². The lowest BCUT2D eigenvalue weighted by Crippen LogP contribution is -2.49. The normalized spacial score (nSPS) is 15.8. The van der Waals surface area contributed by atoms with Gasteiger partial charge in [-0.25, -0.2) is 9.97 Å². The van der Waals surface area contributed by atoms with Gasteiger partial charge in [0.25, 0.3) is 0 Å². The number of rotatable bonds is 4. The molecule has 0 saturated carbocycles. The highest BCUT2D eigenvalue weighted by molar-refractivity contribution is 6.30. The molecule has 0 aliphatic carbocycles. The highest BCUT2D eigenvalue weighted by Crippen LogP contribution is 2.34. The summed E-state index contributed by atoms with van der Waals surface area (Å²) in [5.41, 5.74) is 1.21. The minimum atomic E-state index is 0.408. The van der Waals surface area contributed by atoms with Crippen LogP contribution in [0.25, 0.3) is 10.8 Å². The Kier molecular flexibility index (Phi) is 4.00. The SMILES string of the molecule is COCC1CN(c2ncc(C(C)C)c3cc(Cl)ncc23)C1. The zero-order chi connectivity index (χ0) is 15.0. The van der Waals surface area contributed by atoms with Gasteiger partial charge in [0.15, 0.2) is 0 Å². The maximum Gasteiger partial charge on any atom is 0.138 e. The molecule has 4 nitrogen and oxygen atoms in total. The molecule has 112 valence electrons.